The zero-order valence-electron chi connectivity index (χ0n) is 15.6. The highest BCUT2D eigenvalue weighted by atomic mass is 19.4. The van der Waals surface area contributed by atoms with Crippen molar-refractivity contribution >= 4 is 17.9 Å². The lowest BCUT2D eigenvalue weighted by molar-refractivity contribution is -0.137. The minimum Gasteiger partial charge on any atom is -0.364 e. The van der Waals surface area contributed by atoms with Crippen molar-refractivity contribution in [1.82, 2.24) is 5.32 Å². The number of amides is 2. The molecule has 3 rings (SSSR count). The summed E-state index contributed by atoms with van der Waals surface area (Å²) in [4.78, 5) is 24.0. The lowest BCUT2D eigenvalue weighted by Gasteiger charge is -2.09. The second kappa shape index (κ2) is 8.65. The molecule has 0 aromatic heterocycles. The molecule has 0 radical (unpaired) electrons. The van der Waals surface area contributed by atoms with E-state index in [1.807, 2.05) is 42.5 Å². The van der Waals surface area contributed by atoms with Crippen LogP contribution in [0.5, 0.6) is 0 Å². The van der Waals surface area contributed by atoms with Crippen molar-refractivity contribution in [3.8, 4) is 11.1 Å². The van der Waals surface area contributed by atoms with Gasteiger partial charge in [-0.2, -0.15) is 13.2 Å². The van der Waals surface area contributed by atoms with E-state index in [-0.39, 0.29) is 11.3 Å². The Morgan fingerprint density at radius 2 is 1.37 bits per heavy atom. The summed E-state index contributed by atoms with van der Waals surface area (Å²) in [7, 11) is 0. The molecule has 0 heterocycles. The fourth-order valence-electron chi connectivity index (χ4n) is 2.74. The van der Waals surface area contributed by atoms with Crippen LogP contribution in [0.25, 0.3) is 17.2 Å². The average Bonchev–Trinajstić information content (AvgIpc) is 2.74. The number of benzene rings is 3. The van der Waals surface area contributed by atoms with Gasteiger partial charge in [0.25, 0.3) is 11.8 Å². The second-order valence-corrected chi connectivity index (χ2v) is 6.44. The maximum absolute atomic E-state index is 12.6. The van der Waals surface area contributed by atoms with E-state index >= 15 is 0 Å². The monoisotopic (exact) mass is 410 g/mol. The van der Waals surface area contributed by atoms with Gasteiger partial charge in [-0.1, -0.05) is 54.6 Å². The van der Waals surface area contributed by atoms with Gasteiger partial charge in [0.2, 0.25) is 0 Å². The molecule has 0 fully saturated rings. The van der Waals surface area contributed by atoms with Crippen LogP contribution in [-0.2, 0) is 11.0 Å². The largest absolute Gasteiger partial charge is 0.416 e. The average molecular weight is 410 g/mol. The highest BCUT2D eigenvalue weighted by Crippen LogP contribution is 2.29. The Morgan fingerprint density at radius 3 is 1.90 bits per heavy atom. The van der Waals surface area contributed by atoms with Gasteiger partial charge in [0.15, 0.2) is 0 Å². The molecule has 7 heteroatoms. The zero-order chi connectivity index (χ0) is 21.7. The van der Waals surface area contributed by atoms with E-state index in [4.69, 9.17) is 5.73 Å². The van der Waals surface area contributed by atoms with Crippen molar-refractivity contribution in [3.63, 3.8) is 0 Å². The predicted molar refractivity (Wildman–Crippen MR) is 108 cm³/mol. The lowest BCUT2D eigenvalue weighted by atomic mass is 10.0. The summed E-state index contributed by atoms with van der Waals surface area (Å²) < 4.78 is 37.9. The number of carbonyl (C=O) groups excluding carboxylic acids is 2. The number of nitrogens with one attached hydrogen (secondary N) is 1. The number of alkyl halides is 3. The fourth-order valence-corrected chi connectivity index (χ4v) is 2.74. The third-order valence-electron chi connectivity index (χ3n) is 4.32. The van der Waals surface area contributed by atoms with Crippen LogP contribution in [0.15, 0.2) is 84.6 Å². The highest BCUT2D eigenvalue weighted by molar-refractivity contribution is 6.04. The van der Waals surface area contributed by atoms with Gasteiger partial charge in [-0.25, -0.2) is 0 Å². The topological polar surface area (TPSA) is 72.2 Å². The van der Waals surface area contributed by atoms with Gasteiger partial charge in [0.1, 0.15) is 5.70 Å². The molecule has 30 heavy (non-hydrogen) atoms. The summed E-state index contributed by atoms with van der Waals surface area (Å²) in [5, 5.41) is 2.35. The summed E-state index contributed by atoms with van der Waals surface area (Å²) in [5.41, 5.74) is 6.89. The van der Waals surface area contributed by atoms with E-state index in [0.717, 1.165) is 35.4 Å². The normalized spacial score (nSPS) is 11.8. The van der Waals surface area contributed by atoms with Gasteiger partial charge < -0.3 is 11.1 Å². The van der Waals surface area contributed by atoms with Crippen LogP contribution in [0.3, 0.4) is 0 Å². The highest BCUT2D eigenvalue weighted by Gasteiger charge is 2.30. The van der Waals surface area contributed by atoms with Gasteiger partial charge in [-0.3, -0.25) is 9.59 Å². The van der Waals surface area contributed by atoms with Crippen LogP contribution >= 0.6 is 0 Å². The number of carbonyl (C=O) groups is 2. The van der Waals surface area contributed by atoms with Crippen molar-refractivity contribution < 1.29 is 22.8 Å². The number of hydrogen-bond donors (Lipinski definition) is 2. The van der Waals surface area contributed by atoms with E-state index < -0.39 is 23.6 Å². The molecule has 0 aliphatic carbocycles. The molecule has 0 unspecified atom stereocenters. The Balaban J connectivity index is 1.78. The van der Waals surface area contributed by atoms with Gasteiger partial charge in [0, 0.05) is 5.56 Å². The summed E-state index contributed by atoms with van der Waals surface area (Å²) >= 11 is 0. The molecule has 3 N–H and O–H groups in total. The third kappa shape index (κ3) is 5.14. The number of nitrogens with two attached hydrogens (primary N) is 1. The van der Waals surface area contributed by atoms with E-state index in [1.165, 1.54) is 6.08 Å². The van der Waals surface area contributed by atoms with Crippen molar-refractivity contribution in [1.29, 1.82) is 0 Å². The van der Waals surface area contributed by atoms with Gasteiger partial charge in [-0.15, -0.1) is 0 Å². The Bertz CT molecular complexity index is 1070. The molecule has 0 saturated heterocycles. The van der Waals surface area contributed by atoms with Crippen LogP contribution in [0.1, 0.15) is 21.5 Å². The first-order chi connectivity index (χ1) is 14.2. The van der Waals surface area contributed by atoms with Crippen molar-refractivity contribution in [2.24, 2.45) is 5.73 Å². The van der Waals surface area contributed by atoms with Crippen LogP contribution in [0.2, 0.25) is 0 Å². The first-order valence-corrected chi connectivity index (χ1v) is 8.89. The Morgan fingerprint density at radius 1 is 0.800 bits per heavy atom. The SMILES string of the molecule is NC(=O)/C(=C\c1ccc(-c2ccccc2)cc1)NC(=O)c1ccc(C(F)(F)F)cc1. The molecule has 3 aromatic rings. The summed E-state index contributed by atoms with van der Waals surface area (Å²) in [6, 6.07) is 20.6. The molecule has 0 atom stereocenters. The van der Waals surface area contributed by atoms with Crippen molar-refractivity contribution in [3.05, 3.63) is 101 Å². The van der Waals surface area contributed by atoms with E-state index in [9.17, 15) is 22.8 Å². The van der Waals surface area contributed by atoms with Gasteiger partial charge in [0.05, 0.1) is 5.56 Å². The molecule has 2 amide bonds. The van der Waals surface area contributed by atoms with E-state index in [0.29, 0.717) is 5.56 Å². The summed E-state index contributed by atoms with van der Waals surface area (Å²) in [6.45, 7) is 0. The Kier molecular flexibility index (Phi) is 6.01. The first-order valence-electron chi connectivity index (χ1n) is 8.89. The zero-order valence-corrected chi connectivity index (χ0v) is 15.6. The van der Waals surface area contributed by atoms with E-state index in [2.05, 4.69) is 5.32 Å². The molecule has 0 aliphatic rings. The van der Waals surface area contributed by atoms with Crippen molar-refractivity contribution in [2.75, 3.05) is 0 Å². The number of primary amides is 1. The van der Waals surface area contributed by atoms with Gasteiger partial charge in [-0.05, 0) is 47.0 Å². The lowest BCUT2D eigenvalue weighted by Crippen LogP contribution is -2.31. The van der Waals surface area contributed by atoms with Gasteiger partial charge >= 0.3 is 6.18 Å². The molecule has 4 nitrogen and oxygen atoms in total. The van der Waals surface area contributed by atoms with E-state index in [1.54, 1.807) is 12.1 Å². The standard InChI is InChI=1S/C23H17F3N2O2/c24-23(25,26)19-12-10-18(11-13-19)22(30)28-20(21(27)29)14-15-6-8-17(9-7-15)16-4-2-1-3-5-16/h1-14H,(H2,27,29)(H,28,30)/b20-14+. The maximum Gasteiger partial charge on any atom is 0.416 e. The molecule has 0 spiro atoms. The Labute approximate surface area is 170 Å². The number of hydrogen-bond acceptors (Lipinski definition) is 2. The molecule has 0 aliphatic heterocycles. The minimum atomic E-state index is -4.50. The molecule has 0 saturated carbocycles. The van der Waals surface area contributed by atoms with Crippen LogP contribution in [0, 0.1) is 0 Å². The van der Waals surface area contributed by atoms with Crippen LogP contribution in [0.4, 0.5) is 13.2 Å². The molecule has 152 valence electrons. The minimum absolute atomic E-state index is 0.0328. The smallest absolute Gasteiger partial charge is 0.364 e. The third-order valence-corrected chi connectivity index (χ3v) is 4.32. The summed E-state index contributed by atoms with van der Waals surface area (Å²) in [6.07, 6.45) is -3.10. The number of rotatable bonds is 5. The van der Waals surface area contributed by atoms with Crippen LogP contribution in [-0.4, -0.2) is 11.8 Å². The Hall–Kier alpha value is -3.87. The first kappa shape index (κ1) is 20.9. The predicted octanol–water partition coefficient (Wildman–Crippen LogP) is 4.63. The molecular formula is C23H17F3N2O2. The quantitative estimate of drug-likeness (QED) is 0.602. The maximum atomic E-state index is 12.6. The fraction of sp³-hybridized carbons (Fsp3) is 0.0435. The molecule has 0 bridgehead atoms. The molecule has 3 aromatic carbocycles. The molecular weight excluding hydrogens is 393 g/mol. The van der Waals surface area contributed by atoms with Crippen LogP contribution < -0.4 is 11.1 Å². The van der Waals surface area contributed by atoms with Crippen molar-refractivity contribution in [2.45, 2.75) is 6.18 Å². The summed E-state index contributed by atoms with van der Waals surface area (Å²) in [5.74, 6) is -1.61. The second-order valence-electron chi connectivity index (χ2n) is 6.44. The number of halogens is 3.